The van der Waals surface area contributed by atoms with E-state index in [0.717, 1.165) is 108 Å². The molecule has 0 aromatic rings. The van der Waals surface area contributed by atoms with Gasteiger partial charge in [-0.05, 0) is 37.5 Å². The second kappa shape index (κ2) is 67.9. The van der Waals surface area contributed by atoms with Crippen LogP contribution in [0.25, 0.3) is 0 Å². The summed E-state index contributed by atoms with van der Waals surface area (Å²) < 4.78 is 68.4. The van der Waals surface area contributed by atoms with E-state index < -0.39 is 97.5 Å². The van der Waals surface area contributed by atoms with E-state index in [0.29, 0.717) is 25.7 Å². The Balaban J connectivity index is 5.18. The molecule has 0 aliphatic carbocycles. The first-order valence-corrected chi connectivity index (χ1v) is 42.5. The van der Waals surface area contributed by atoms with E-state index in [4.69, 9.17) is 37.0 Å². The molecule has 17 nitrogen and oxygen atoms in total. The summed E-state index contributed by atoms with van der Waals surface area (Å²) in [6.07, 6.45) is 55.6. The predicted molar refractivity (Wildman–Crippen MR) is 386 cm³/mol. The van der Waals surface area contributed by atoms with Crippen molar-refractivity contribution in [2.75, 3.05) is 39.6 Å². The van der Waals surface area contributed by atoms with Gasteiger partial charge in [0.15, 0.2) is 12.2 Å². The Bertz CT molecular complexity index is 1840. The molecule has 0 bridgehead atoms. The molecule has 0 aromatic carbocycles. The van der Waals surface area contributed by atoms with Gasteiger partial charge in [0, 0.05) is 25.7 Å². The Labute approximate surface area is 581 Å². The zero-order valence-corrected chi connectivity index (χ0v) is 63.8. The van der Waals surface area contributed by atoms with Crippen LogP contribution in [0.2, 0.25) is 0 Å². The Morgan fingerprint density at radius 1 is 0.284 bits per heavy atom. The van der Waals surface area contributed by atoms with Crippen LogP contribution in [0.1, 0.15) is 395 Å². The molecular formula is C76H148O17P2. The van der Waals surface area contributed by atoms with Gasteiger partial charge >= 0.3 is 39.5 Å². The van der Waals surface area contributed by atoms with E-state index in [-0.39, 0.29) is 25.7 Å². The molecule has 0 rings (SSSR count). The molecule has 0 spiro atoms. The number of phosphoric acid groups is 2. The van der Waals surface area contributed by atoms with Crippen LogP contribution in [0.15, 0.2) is 0 Å². The highest BCUT2D eigenvalue weighted by Crippen LogP contribution is 2.45. The molecule has 0 aromatic heterocycles. The first kappa shape index (κ1) is 93.1. The van der Waals surface area contributed by atoms with E-state index in [1.807, 2.05) is 0 Å². The fourth-order valence-corrected chi connectivity index (χ4v) is 13.2. The highest BCUT2D eigenvalue weighted by atomic mass is 31.2. The van der Waals surface area contributed by atoms with E-state index in [9.17, 15) is 43.2 Å². The van der Waals surface area contributed by atoms with Gasteiger partial charge in [0.05, 0.1) is 26.4 Å². The number of hydrogen-bond donors (Lipinski definition) is 3. The largest absolute Gasteiger partial charge is 0.472 e. The monoisotopic (exact) mass is 1400 g/mol. The molecule has 0 amide bonds. The number of hydrogen-bond acceptors (Lipinski definition) is 15. The SMILES string of the molecule is CCCCCCCCCCCCCC(=O)O[C@H](COC(=O)CCCCCCCCCC)COP(=O)(O)OC[C@H](O)COP(=O)(O)OC[C@@H](COC(=O)CCCCCCCCCCCCCCC(C)C)OC(=O)CCCCCCCCCCCCCCCCCCCCC(C)C. The molecular weight excluding hydrogens is 1250 g/mol. The molecule has 0 heterocycles. The van der Waals surface area contributed by atoms with Crippen LogP contribution in [-0.2, 0) is 65.4 Å². The number of carbonyl (C=O) groups is 4. The lowest BCUT2D eigenvalue weighted by atomic mass is 10.0. The fraction of sp³-hybridized carbons (Fsp3) is 0.947. The van der Waals surface area contributed by atoms with Crippen molar-refractivity contribution in [3.8, 4) is 0 Å². The van der Waals surface area contributed by atoms with Crippen molar-refractivity contribution in [2.24, 2.45) is 11.8 Å². The molecule has 5 atom stereocenters. The summed E-state index contributed by atoms with van der Waals surface area (Å²) in [5, 5.41) is 10.6. The van der Waals surface area contributed by atoms with Gasteiger partial charge in [-0.2, -0.15) is 0 Å². The lowest BCUT2D eigenvalue weighted by Crippen LogP contribution is -2.30. The number of aliphatic hydroxyl groups is 1. The third-order valence-corrected chi connectivity index (χ3v) is 19.6. The van der Waals surface area contributed by atoms with Crippen molar-refractivity contribution in [1.82, 2.24) is 0 Å². The number of rotatable bonds is 75. The summed E-state index contributed by atoms with van der Waals surface area (Å²) >= 11 is 0. The van der Waals surface area contributed by atoms with Crippen molar-refractivity contribution in [2.45, 2.75) is 413 Å². The molecule has 0 radical (unpaired) electrons. The summed E-state index contributed by atoms with van der Waals surface area (Å²) in [6.45, 7) is 9.61. The van der Waals surface area contributed by atoms with Crippen LogP contribution in [0.5, 0.6) is 0 Å². The van der Waals surface area contributed by atoms with Crippen LogP contribution >= 0.6 is 15.6 Å². The van der Waals surface area contributed by atoms with E-state index in [2.05, 4.69) is 41.5 Å². The number of esters is 4. The average molecular weight is 1400 g/mol. The predicted octanol–water partition coefficient (Wildman–Crippen LogP) is 22.3. The van der Waals surface area contributed by atoms with Crippen LogP contribution in [-0.4, -0.2) is 96.7 Å². The minimum Gasteiger partial charge on any atom is -0.462 e. The number of phosphoric ester groups is 2. The van der Waals surface area contributed by atoms with Crippen LogP contribution < -0.4 is 0 Å². The van der Waals surface area contributed by atoms with Crippen molar-refractivity contribution < 1.29 is 80.2 Å². The standard InChI is InChI=1S/C76H148O17P2/c1-7-9-11-13-15-17-28-36-42-48-54-60-75(80)92-71(64-86-73(78)58-52-46-40-16-14-12-10-8-2)66-90-94(82,83)88-62-70(77)63-89-95(84,85)91-67-72(65-87-74(79)59-53-47-41-35-31-27-26-30-34-39-45-51-57-69(5)6)93-76(81)61-55-49-43-37-32-25-23-21-19-18-20-22-24-29-33-38-44-50-56-68(3)4/h68-72,77H,7-67H2,1-6H3,(H,82,83)(H,84,85)/t70-,71+,72+/m0/s1. The Morgan fingerprint density at radius 2 is 0.484 bits per heavy atom. The summed E-state index contributed by atoms with van der Waals surface area (Å²) in [5.41, 5.74) is 0. The zero-order chi connectivity index (χ0) is 70.0. The normalized spacial score (nSPS) is 14.0. The minimum absolute atomic E-state index is 0.107. The van der Waals surface area contributed by atoms with Gasteiger partial charge in [0.2, 0.25) is 0 Å². The number of carbonyl (C=O) groups excluding carboxylic acids is 4. The quantitative estimate of drug-likeness (QED) is 0.0222. The molecule has 0 saturated heterocycles. The Hall–Kier alpha value is -1.94. The molecule has 0 saturated carbocycles. The maximum atomic E-state index is 13.1. The summed E-state index contributed by atoms with van der Waals surface area (Å²) in [6, 6.07) is 0. The van der Waals surface area contributed by atoms with Gasteiger partial charge in [-0.15, -0.1) is 0 Å². The van der Waals surface area contributed by atoms with Gasteiger partial charge < -0.3 is 33.8 Å². The third kappa shape index (κ3) is 70.3. The minimum atomic E-state index is -4.96. The lowest BCUT2D eigenvalue weighted by molar-refractivity contribution is -0.161. The molecule has 95 heavy (non-hydrogen) atoms. The molecule has 3 N–H and O–H groups in total. The van der Waals surface area contributed by atoms with Gasteiger partial charge in [0.1, 0.15) is 19.3 Å². The van der Waals surface area contributed by atoms with Crippen LogP contribution in [0.4, 0.5) is 0 Å². The van der Waals surface area contributed by atoms with Gasteiger partial charge in [-0.1, -0.05) is 343 Å². The summed E-state index contributed by atoms with van der Waals surface area (Å²) in [7, 11) is -9.90. The fourth-order valence-electron chi connectivity index (χ4n) is 11.7. The second-order valence-corrected chi connectivity index (χ2v) is 31.3. The number of aliphatic hydroxyl groups excluding tert-OH is 1. The molecule has 0 aliphatic heterocycles. The van der Waals surface area contributed by atoms with Gasteiger partial charge in [0.25, 0.3) is 0 Å². The van der Waals surface area contributed by atoms with Crippen molar-refractivity contribution in [1.29, 1.82) is 0 Å². The highest BCUT2D eigenvalue weighted by Gasteiger charge is 2.30. The molecule has 2 unspecified atom stereocenters. The van der Waals surface area contributed by atoms with E-state index in [1.165, 1.54) is 205 Å². The lowest BCUT2D eigenvalue weighted by Gasteiger charge is -2.21. The average Bonchev–Trinajstić information content (AvgIpc) is 1.40. The van der Waals surface area contributed by atoms with Crippen LogP contribution in [0, 0.1) is 11.8 Å². The van der Waals surface area contributed by atoms with Gasteiger partial charge in [-0.3, -0.25) is 37.3 Å². The second-order valence-electron chi connectivity index (χ2n) is 28.3. The topological polar surface area (TPSA) is 237 Å². The first-order valence-electron chi connectivity index (χ1n) is 39.5. The van der Waals surface area contributed by atoms with Crippen LogP contribution in [0.3, 0.4) is 0 Å². The maximum absolute atomic E-state index is 13.1. The highest BCUT2D eigenvalue weighted by molar-refractivity contribution is 7.47. The van der Waals surface area contributed by atoms with E-state index in [1.54, 1.807) is 0 Å². The molecule has 564 valence electrons. The van der Waals surface area contributed by atoms with E-state index >= 15 is 0 Å². The number of ether oxygens (including phenoxy) is 4. The van der Waals surface area contributed by atoms with Crippen molar-refractivity contribution >= 4 is 39.5 Å². The Morgan fingerprint density at radius 3 is 0.716 bits per heavy atom. The summed E-state index contributed by atoms with van der Waals surface area (Å²) in [4.78, 5) is 72.7. The van der Waals surface area contributed by atoms with Crippen molar-refractivity contribution in [3.05, 3.63) is 0 Å². The Kier molecular flexibility index (Phi) is 66.5. The first-order chi connectivity index (χ1) is 45.9. The molecule has 0 fully saturated rings. The van der Waals surface area contributed by atoms with Crippen molar-refractivity contribution in [3.63, 3.8) is 0 Å². The smallest absolute Gasteiger partial charge is 0.462 e. The number of unbranched alkanes of at least 4 members (excludes halogenated alkanes) is 45. The summed E-state index contributed by atoms with van der Waals surface area (Å²) in [5.74, 6) is -0.516. The molecule has 19 heteroatoms. The van der Waals surface area contributed by atoms with Gasteiger partial charge in [-0.25, -0.2) is 9.13 Å². The third-order valence-electron chi connectivity index (χ3n) is 17.7. The molecule has 0 aliphatic rings. The zero-order valence-electron chi connectivity index (χ0n) is 62.0. The maximum Gasteiger partial charge on any atom is 0.472 e.